The van der Waals surface area contributed by atoms with E-state index in [1.165, 1.54) is 0 Å². The summed E-state index contributed by atoms with van der Waals surface area (Å²) in [6.45, 7) is 5.63. The Labute approximate surface area is 123 Å². The van der Waals surface area contributed by atoms with Gasteiger partial charge in [-0.1, -0.05) is 20.8 Å². The maximum absolute atomic E-state index is 11.1. The highest BCUT2D eigenvalue weighted by Crippen LogP contribution is 2.59. The summed E-state index contributed by atoms with van der Waals surface area (Å²) < 4.78 is 0. The number of aliphatic carboxylic acids is 2. The molecule has 0 aromatic carbocycles. The zero-order valence-electron chi connectivity index (χ0n) is 12.6. The molecule has 0 aliphatic heterocycles. The van der Waals surface area contributed by atoms with Crippen LogP contribution in [0, 0.1) is 33.3 Å². The molecule has 0 radical (unpaired) electrons. The minimum absolute atomic E-state index is 0.0185. The molecule has 0 saturated heterocycles. The molecule has 7 nitrogen and oxygen atoms in total. The molecule has 0 bridgehead atoms. The third kappa shape index (κ3) is 3.71. The van der Waals surface area contributed by atoms with Crippen molar-refractivity contribution < 1.29 is 24.7 Å². The fourth-order valence-corrected chi connectivity index (χ4v) is 2.92. The van der Waals surface area contributed by atoms with Crippen molar-refractivity contribution in [1.82, 2.24) is 0 Å². The van der Waals surface area contributed by atoms with E-state index in [9.17, 15) is 19.7 Å². The molecule has 0 spiro atoms. The van der Waals surface area contributed by atoms with Crippen LogP contribution in [-0.2, 0) is 9.59 Å². The van der Waals surface area contributed by atoms with Crippen LogP contribution < -0.4 is 0 Å². The molecular formula is C14H23NO6. The van der Waals surface area contributed by atoms with E-state index in [1.54, 1.807) is 6.92 Å². The molecule has 21 heavy (non-hydrogen) atoms. The normalized spacial score (nSPS) is 30.3. The number of nitro groups is 1. The molecule has 2 rings (SSSR count). The van der Waals surface area contributed by atoms with Crippen LogP contribution in [0.5, 0.6) is 0 Å². The first-order valence-corrected chi connectivity index (χ1v) is 7.28. The predicted molar refractivity (Wildman–Crippen MR) is 74.4 cm³/mol. The monoisotopic (exact) mass is 301 g/mol. The lowest BCUT2D eigenvalue weighted by atomic mass is 9.95. The summed E-state index contributed by atoms with van der Waals surface area (Å²) in [5.74, 6) is -1.63. The van der Waals surface area contributed by atoms with Crippen molar-refractivity contribution in [2.45, 2.75) is 52.5 Å². The lowest BCUT2D eigenvalue weighted by molar-refractivity contribution is -0.504. The standard InChI is InChI=1S/C10H17NO4.C4H6O2/c1-4-10(9(12)13)7(5-6(2)3)8(10)11(14)15;5-4(6)3-1-2-3/h6-8H,4-5H2,1-3H3,(H,12,13);3H,1-2H2,(H,5,6). The van der Waals surface area contributed by atoms with E-state index in [2.05, 4.69) is 0 Å². The number of carboxylic acids is 2. The average molecular weight is 301 g/mol. The van der Waals surface area contributed by atoms with Crippen molar-refractivity contribution in [2.24, 2.45) is 23.2 Å². The van der Waals surface area contributed by atoms with Crippen molar-refractivity contribution in [3.8, 4) is 0 Å². The van der Waals surface area contributed by atoms with E-state index in [0.717, 1.165) is 12.8 Å². The van der Waals surface area contributed by atoms with Gasteiger partial charge in [-0.2, -0.15) is 0 Å². The third-order valence-electron chi connectivity index (χ3n) is 4.32. The lowest BCUT2D eigenvalue weighted by Crippen LogP contribution is -2.22. The van der Waals surface area contributed by atoms with Crippen molar-refractivity contribution in [3.63, 3.8) is 0 Å². The zero-order valence-corrected chi connectivity index (χ0v) is 12.6. The summed E-state index contributed by atoms with van der Waals surface area (Å²) in [4.78, 5) is 31.2. The Balaban J connectivity index is 0.000000304. The van der Waals surface area contributed by atoms with Gasteiger partial charge in [-0.05, 0) is 31.6 Å². The molecule has 3 unspecified atom stereocenters. The van der Waals surface area contributed by atoms with Crippen LogP contribution in [-0.4, -0.2) is 33.1 Å². The van der Waals surface area contributed by atoms with Crippen LogP contribution in [0.3, 0.4) is 0 Å². The first-order valence-electron chi connectivity index (χ1n) is 7.28. The van der Waals surface area contributed by atoms with Gasteiger partial charge in [0.25, 0.3) is 0 Å². The van der Waals surface area contributed by atoms with Gasteiger partial charge in [0.05, 0.1) is 11.8 Å². The average Bonchev–Trinajstić information content (AvgIpc) is 3.22. The van der Waals surface area contributed by atoms with Gasteiger partial charge in [-0.15, -0.1) is 0 Å². The predicted octanol–water partition coefficient (Wildman–Crippen LogP) is 2.27. The molecule has 0 heterocycles. The van der Waals surface area contributed by atoms with Gasteiger partial charge in [0, 0.05) is 4.92 Å². The maximum Gasteiger partial charge on any atom is 0.317 e. The molecule has 2 aliphatic carbocycles. The topological polar surface area (TPSA) is 118 Å². The SMILES string of the molecule is CCC1(C(=O)O)C(CC(C)C)C1[N+](=O)[O-].O=C(O)C1CC1. The van der Waals surface area contributed by atoms with Gasteiger partial charge < -0.3 is 10.2 Å². The van der Waals surface area contributed by atoms with Crippen LogP contribution in [0.25, 0.3) is 0 Å². The molecule has 7 heteroatoms. The fourth-order valence-electron chi connectivity index (χ4n) is 2.92. The summed E-state index contributed by atoms with van der Waals surface area (Å²) in [6.07, 6.45) is 2.75. The Hall–Kier alpha value is -1.66. The fraction of sp³-hybridized carbons (Fsp3) is 0.857. The van der Waals surface area contributed by atoms with E-state index < -0.39 is 28.3 Å². The second kappa shape index (κ2) is 6.41. The van der Waals surface area contributed by atoms with Crippen molar-refractivity contribution in [3.05, 3.63) is 10.1 Å². The van der Waals surface area contributed by atoms with E-state index in [4.69, 9.17) is 10.2 Å². The van der Waals surface area contributed by atoms with Crippen LogP contribution >= 0.6 is 0 Å². The molecule has 120 valence electrons. The summed E-state index contributed by atoms with van der Waals surface area (Å²) in [5, 5.41) is 27.9. The number of carboxylic acid groups (broad SMARTS) is 2. The van der Waals surface area contributed by atoms with Gasteiger partial charge in [-0.3, -0.25) is 19.7 Å². The Kier molecular flexibility index (Phi) is 5.31. The van der Waals surface area contributed by atoms with Crippen LogP contribution in [0.2, 0.25) is 0 Å². The van der Waals surface area contributed by atoms with Gasteiger partial charge in [0.15, 0.2) is 0 Å². The van der Waals surface area contributed by atoms with E-state index in [0.29, 0.717) is 18.8 Å². The summed E-state index contributed by atoms with van der Waals surface area (Å²) in [6, 6.07) is -0.887. The Morgan fingerprint density at radius 2 is 1.86 bits per heavy atom. The van der Waals surface area contributed by atoms with Crippen LogP contribution in [0.4, 0.5) is 0 Å². The molecule has 0 aromatic heterocycles. The van der Waals surface area contributed by atoms with E-state index in [-0.39, 0.29) is 11.8 Å². The lowest BCUT2D eigenvalue weighted by Gasteiger charge is -2.07. The number of nitrogens with zero attached hydrogens (tertiary/aromatic N) is 1. The number of carbonyl (C=O) groups is 2. The smallest absolute Gasteiger partial charge is 0.317 e. The zero-order chi connectivity index (χ0) is 16.4. The van der Waals surface area contributed by atoms with Crippen molar-refractivity contribution in [2.75, 3.05) is 0 Å². The number of hydrogen-bond donors (Lipinski definition) is 2. The van der Waals surface area contributed by atoms with Gasteiger partial charge in [-0.25, -0.2) is 0 Å². The summed E-state index contributed by atoms with van der Waals surface area (Å²) in [5.41, 5.74) is -1.10. The van der Waals surface area contributed by atoms with Gasteiger partial charge in [0.1, 0.15) is 5.41 Å². The largest absolute Gasteiger partial charge is 0.481 e. The minimum Gasteiger partial charge on any atom is -0.481 e. The summed E-state index contributed by atoms with van der Waals surface area (Å²) in [7, 11) is 0. The highest BCUT2D eigenvalue weighted by Gasteiger charge is 2.77. The number of hydrogen-bond acceptors (Lipinski definition) is 4. The highest BCUT2D eigenvalue weighted by atomic mass is 16.6. The van der Waals surface area contributed by atoms with Crippen LogP contribution in [0.15, 0.2) is 0 Å². The van der Waals surface area contributed by atoms with Gasteiger partial charge in [0.2, 0.25) is 6.04 Å². The Morgan fingerprint density at radius 1 is 1.33 bits per heavy atom. The van der Waals surface area contributed by atoms with Crippen LogP contribution in [0.1, 0.15) is 46.5 Å². The Morgan fingerprint density at radius 3 is 2.00 bits per heavy atom. The van der Waals surface area contributed by atoms with Crippen molar-refractivity contribution >= 4 is 11.9 Å². The molecule has 3 atom stereocenters. The minimum atomic E-state index is -1.10. The molecule has 2 aliphatic rings. The molecule has 2 N–H and O–H groups in total. The van der Waals surface area contributed by atoms with Crippen molar-refractivity contribution in [1.29, 1.82) is 0 Å². The molecule has 0 aromatic rings. The van der Waals surface area contributed by atoms with E-state index >= 15 is 0 Å². The third-order valence-corrected chi connectivity index (χ3v) is 4.32. The van der Waals surface area contributed by atoms with Gasteiger partial charge >= 0.3 is 11.9 Å². The molecular weight excluding hydrogens is 278 g/mol. The second-order valence-corrected chi connectivity index (χ2v) is 6.28. The highest BCUT2D eigenvalue weighted by molar-refractivity contribution is 5.80. The summed E-state index contributed by atoms with van der Waals surface area (Å²) >= 11 is 0. The Bertz CT molecular complexity index is 431. The quantitative estimate of drug-likeness (QED) is 0.574. The first-order chi connectivity index (χ1) is 9.68. The molecule has 2 fully saturated rings. The maximum atomic E-state index is 11.1. The molecule has 2 saturated carbocycles. The van der Waals surface area contributed by atoms with E-state index in [1.807, 2.05) is 13.8 Å². The second-order valence-electron chi connectivity index (χ2n) is 6.28. The number of rotatable bonds is 6. The first kappa shape index (κ1) is 17.4. The molecule has 0 amide bonds.